The smallest absolute Gasteiger partial charge is 0.308 e. The largest absolute Gasteiger partial charge is 0.481 e. The van der Waals surface area contributed by atoms with E-state index in [0.29, 0.717) is 0 Å². The van der Waals surface area contributed by atoms with E-state index in [4.69, 9.17) is 5.11 Å². The van der Waals surface area contributed by atoms with Crippen LogP contribution in [0, 0.1) is 28.6 Å². The maximum atomic E-state index is 12.1. The molecule has 18 heavy (non-hydrogen) atoms. The lowest BCUT2D eigenvalue weighted by Gasteiger charge is -2.17. The van der Waals surface area contributed by atoms with Gasteiger partial charge >= 0.3 is 5.97 Å². The lowest BCUT2D eigenvalue weighted by atomic mass is 9.96. The van der Waals surface area contributed by atoms with Gasteiger partial charge in [0.2, 0.25) is 5.91 Å². The van der Waals surface area contributed by atoms with E-state index in [-0.39, 0.29) is 35.1 Å². The molecule has 0 aromatic carbocycles. The van der Waals surface area contributed by atoms with E-state index in [1.54, 1.807) is 0 Å². The summed E-state index contributed by atoms with van der Waals surface area (Å²) in [5.74, 6) is -1.38. The summed E-state index contributed by atoms with van der Waals surface area (Å²) in [4.78, 5) is 23.1. The first kappa shape index (κ1) is 15.0. The van der Waals surface area contributed by atoms with E-state index in [9.17, 15) is 9.59 Å². The van der Waals surface area contributed by atoms with Gasteiger partial charge in [-0.1, -0.05) is 41.5 Å². The number of carboxylic acids is 1. The maximum absolute atomic E-state index is 12.1. The summed E-state index contributed by atoms with van der Waals surface area (Å²) in [5, 5.41) is 11.9. The van der Waals surface area contributed by atoms with E-state index in [1.807, 2.05) is 13.8 Å². The molecule has 1 rings (SSSR count). The van der Waals surface area contributed by atoms with Crippen molar-refractivity contribution < 1.29 is 14.7 Å². The molecule has 4 heteroatoms. The average Bonchev–Trinajstić information content (AvgIpc) is 2.55. The number of carbonyl (C=O) groups excluding carboxylic acids is 1. The van der Waals surface area contributed by atoms with Crippen molar-refractivity contribution in [3.8, 4) is 0 Å². The minimum absolute atomic E-state index is 0.00632. The molecule has 104 valence electrons. The Morgan fingerprint density at radius 2 is 1.61 bits per heavy atom. The highest BCUT2D eigenvalue weighted by atomic mass is 16.4. The Hall–Kier alpha value is -1.06. The molecule has 0 aromatic heterocycles. The quantitative estimate of drug-likeness (QED) is 0.791. The highest BCUT2D eigenvalue weighted by Crippen LogP contribution is 2.68. The summed E-state index contributed by atoms with van der Waals surface area (Å²) < 4.78 is 0. The lowest BCUT2D eigenvalue weighted by molar-refractivity contribution is -0.143. The first-order chi connectivity index (χ1) is 8.03. The highest BCUT2D eigenvalue weighted by molar-refractivity contribution is 5.84. The Morgan fingerprint density at radius 1 is 1.17 bits per heavy atom. The van der Waals surface area contributed by atoms with Crippen LogP contribution in [0.1, 0.15) is 41.5 Å². The molecule has 0 aromatic rings. The van der Waals surface area contributed by atoms with Crippen LogP contribution in [0.5, 0.6) is 0 Å². The molecule has 1 aliphatic rings. The zero-order valence-electron chi connectivity index (χ0n) is 12.2. The fraction of sp³-hybridized carbons (Fsp3) is 0.857. The third kappa shape index (κ3) is 2.38. The van der Waals surface area contributed by atoms with Crippen LogP contribution in [-0.2, 0) is 9.59 Å². The topological polar surface area (TPSA) is 66.4 Å². The van der Waals surface area contributed by atoms with Crippen molar-refractivity contribution in [2.24, 2.45) is 28.6 Å². The van der Waals surface area contributed by atoms with Crippen LogP contribution in [0.2, 0.25) is 0 Å². The van der Waals surface area contributed by atoms with Crippen LogP contribution in [0.25, 0.3) is 0 Å². The zero-order chi connectivity index (χ0) is 14.3. The van der Waals surface area contributed by atoms with Crippen LogP contribution in [0.3, 0.4) is 0 Å². The van der Waals surface area contributed by atoms with Crippen molar-refractivity contribution in [3.63, 3.8) is 0 Å². The van der Waals surface area contributed by atoms with Gasteiger partial charge in [-0.25, -0.2) is 0 Å². The van der Waals surface area contributed by atoms with Crippen LogP contribution < -0.4 is 5.32 Å². The summed E-state index contributed by atoms with van der Waals surface area (Å²) in [7, 11) is 0. The average molecular weight is 255 g/mol. The number of amides is 1. The summed E-state index contributed by atoms with van der Waals surface area (Å²) in [6.45, 7) is 12.2. The molecule has 1 aliphatic carbocycles. The molecule has 1 unspecified atom stereocenters. The molecule has 1 fully saturated rings. The van der Waals surface area contributed by atoms with Gasteiger partial charge in [0.05, 0.1) is 5.92 Å². The molecule has 0 heterocycles. The third-order valence-electron chi connectivity index (χ3n) is 4.90. The van der Waals surface area contributed by atoms with Gasteiger partial charge in [0.15, 0.2) is 0 Å². The molecule has 0 aliphatic heterocycles. The SMILES string of the molecule is CC(C)C(CNC(=O)C1C(C)(C)C1(C)C)C(=O)O. The summed E-state index contributed by atoms with van der Waals surface area (Å²) in [6.07, 6.45) is 0. The Balaban J connectivity index is 2.56. The van der Waals surface area contributed by atoms with Gasteiger partial charge in [0.1, 0.15) is 0 Å². The second kappa shape index (κ2) is 4.56. The molecular weight excluding hydrogens is 230 g/mol. The van der Waals surface area contributed by atoms with Crippen molar-refractivity contribution in [1.29, 1.82) is 0 Å². The van der Waals surface area contributed by atoms with Crippen molar-refractivity contribution in [2.45, 2.75) is 41.5 Å². The molecule has 1 amide bonds. The van der Waals surface area contributed by atoms with Gasteiger partial charge in [0, 0.05) is 12.5 Å². The van der Waals surface area contributed by atoms with Gasteiger partial charge in [-0.2, -0.15) is 0 Å². The molecule has 0 spiro atoms. The molecule has 1 saturated carbocycles. The number of hydrogen-bond acceptors (Lipinski definition) is 2. The molecule has 0 bridgehead atoms. The standard InChI is InChI=1S/C14H25NO3/c1-8(2)9(12(17)18)7-15-11(16)10-13(3,4)14(10,5)6/h8-10H,7H2,1-6H3,(H,15,16)(H,17,18). The van der Waals surface area contributed by atoms with Gasteiger partial charge in [-0.05, 0) is 16.7 Å². The third-order valence-corrected chi connectivity index (χ3v) is 4.90. The molecule has 0 saturated heterocycles. The summed E-state index contributed by atoms with van der Waals surface area (Å²) >= 11 is 0. The molecule has 0 radical (unpaired) electrons. The van der Waals surface area contributed by atoms with Gasteiger partial charge < -0.3 is 10.4 Å². The Labute approximate surface area is 109 Å². The molecule has 2 N–H and O–H groups in total. The number of rotatable bonds is 5. The predicted molar refractivity (Wildman–Crippen MR) is 70.0 cm³/mol. The van der Waals surface area contributed by atoms with E-state index >= 15 is 0 Å². The Bertz CT molecular complexity index is 344. The number of carboxylic acid groups (broad SMARTS) is 1. The van der Waals surface area contributed by atoms with Crippen LogP contribution in [0.15, 0.2) is 0 Å². The van der Waals surface area contributed by atoms with Gasteiger partial charge in [0.25, 0.3) is 0 Å². The summed E-state index contributed by atoms with van der Waals surface area (Å²) in [5.41, 5.74) is -0.0126. The number of carbonyl (C=O) groups is 2. The number of nitrogens with one attached hydrogen (secondary N) is 1. The Morgan fingerprint density at radius 3 is 1.89 bits per heavy atom. The molecule has 4 nitrogen and oxygen atoms in total. The second-order valence-electron chi connectivity index (χ2n) is 6.81. The van der Waals surface area contributed by atoms with Gasteiger partial charge in [-0.3, -0.25) is 9.59 Å². The first-order valence-corrected chi connectivity index (χ1v) is 6.54. The first-order valence-electron chi connectivity index (χ1n) is 6.54. The van der Waals surface area contributed by atoms with Crippen molar-refractivity contribution in [1.82, 2.24) is 5.32 Å². The van der Waals surface area contributed by atoms with E-state index in [1.165, 1.54) is 0 Å². The van der Waals surface area contributed by atoms with E-state index in [2.05, 4.69) is 33.0 Å². The zero-order valence-corrected chi connectivity index (χ0v) is 12.2. The molecule has 1 atom stereocenters. The van der Waals surface area contributed by atoms with Gasteiger partial charge in [-0.15, -0.1) is 0 Å². The number of hydrogen-bond donors (Lipinski definition) is 2. The maximum Gasteiger partial charge on any atom is 0.308 e. The predicted octanol–water partition coefficient (Wildman–Crippen LogP) is 2.14. The minimum Gasteiger partial charge on any atom is -0.481 e. The normalized spacial score (nSPS) is 22.6. The van der Waals surface area contributed by atoms with Crippen molar-refractivity contribution >= 4 is 11.9 Å². The second-order valence-corrected chi connectivity index (χ2v) is 6.81. The van der Waals surface area contributed by atoms with E-state index in [0.717, 1.165) is 0 Å². The highest BCUT2D eigenvalue weighted by Gasteiger charge is 2.68. The van der Waals surface area contributed by atoms with Crippen LogP contribution in [-0.4, -0.2) is 23.5 Å². The lowest BCUT2D eigenvalue weighted by Crippen LogP contribution is -2.37. The van der Waals surface area contributed by atoms with Crippen molar-refractivity contribution in [3.05, 3.63) is 0 Å². The summed E-state index contributed by atoms with van der Waals surface area (Å²) in [6, 6.07) is 0. The van der Waals surface area contributed by atoms with Crippen LogP contribution >= 0.6 is 0 Å². The minimum atomic E-state index is -0.848. The van der Waals surface area contributed by atoms with Crippen LogP contribution in [0.4, 0.5) is 0 Å². The monoisotopic (exact) mass is 255 g/mol. The number of aliphatic carboxylic acids is 1. The Kier molecular flexibility index (Phi) is 3.80. The fourth-order valence-corrected chi connectivity index (χ4v) is 2.77. The molecular formula is C14H25NO3. The van der Waals surface area contributed by atoms with Crippen molar-refractivity contribution in [2.75, 3.05) is 6.54 Å². The van der Waals surface area contributed by atoms with E-state index < -0.39 is 11.9 Å². The fourth-order valence-electron chi connectivity index (χ4n) is 2.77.